The van der Waals surface area contributed by atoms with Crippen molar-refractivity contribution in [2.75, 3.05) is 7.05 Å². The second kappa shape index (κ2) is 3.17. The van der Waals surface area contributed by atoms with E-state index in [0.29, 0.717) is 22.3 Å². The third-order valence-electron chi connectivity index (χ3n) is 6.51. The Morgan fingerprint density at radius 2 is 1.88 bits per heavy atom. The molecule has 0 amide bonds. The van der Waals surface area contributed by atoms with Gasteiger partial charge in [-0.3, -0.25) is 0 Å². The predicted molar refractivity (Wildman–Crippen MR) is 72.9 cm³/mol. The van der Waals surface area contributed by atoms with Gasteiger partial charge in [0.05, 0.1) is 0 Å². The van der Waals surface area contributed by atoms with Crippen molar-refractivity contribution in [3.8, 4) is 0 Å². The van der Waals surface area contributed by atoms with Crippen LogP contribution >= 0.6 is 0 Å². The van der Waals surface area contributed by atoms with Gasteiger partial charge in [-0.2, -0.15) is 0 Å². The maximum absolute atomic E-state index is 3.49. The fourth-order valence-corrected chi connectivity index (χ4v) is 5.29. The number of allylic oxidation sites excluding steroid dienone is 1. The zero-order chi connectivity index (χ0) is 12.5. The second-order valence-electron chi connectivity index (χ2n) is 7.81. The maximum Gasteiger partial charge on any atom is 0.0255 e. The molecule has 1 spiro atoms. The van der Waals surface area contributed by atoms with Crippen molar-refractivity contribution in [1.82, 2.24) is 5.32 Å². The van der Waals surface area contributed by atoms with E-state index >= 15 is 0 Å². The van der Waals surface area contributed by atoms with Gasteiger partial charge in [-0.15, -0.1) is 0 Å². The number of fused-ring (bicyclic) bond motifs is 1. The molecule has 17 heavy (non-hydrogen) atoms. The van der Waals surface area contributed by atoms with Crippen LogP contribution in [0.15, 0.2) is 11.6 Å². The van der Waals surface area contributed by atoms with Gasteiger partial charge in [-0.1, -0.05) is 39.3 Å². The van der Waals surface area contributed by atoms with Gasteiger partial charge in [0, 0.05) is 6.04 Å². The first kappa shape index (κ1) is 11.8. The number of hydrogen-bond acceptors (Lipinski definition) is 1. The first-order valence-corrected chi connectivity index (χ1v) is 7.23. The minimum Gasteiger partial charge on any atom is -0.314 e. The van der Waals surface area contributed by atoms with Crippen molar-refractivity contribution in [3.05, 3.63) is 11.6 Å². The van der Waals surface area contributed by atoms with Crippen LogP contribution in [-0.4, -0.2) is 13.1 Å². The average molecular weight is 233 g/mol. The van der Waals surface area contributed by atoms with Crippen molar-refractivity contribution >= 4 is 0 Å². The number of rotatable bonds is 1. The van der Waals surface area contributed by atoms with Crippen LogP contribution in [0.2, 0.25) is 0 Å². The number of likely N-dealkylation sites (N-methyl/N-ethyl adjacent to an activating group) is 1. The lowest BCUT2D eigenvalue weighted by Crippen LogP contribution is -2.47. The number of nitrogens with one attached hydrogen (secondary N) is 1. The third-order valence-corrected chi connectivity index (χ3v) is 6.51. The molecule has 3 rings (SSSR count). The number of hydrogen-bond donors (Lipinski definition) is 1. The standard InChI is InChI=1S/C16H27N/c1-14(2)10-12(17-5)8-13-15(3,4)11-6-7-16(13,14)9-11/h8,11-12,17H,6-7,9-10H2,1-5H3/t11-,12?,16-/m1/s1. The van der Waals surface area contributed by atoms with E-state index in [0.717, 1.165) is 5.92 Å². The SMILES string of the molecule is CNC1C=C2C(C)(C)[C@@H]3CC[C@]2(C3)C(C)(C)C1. The molecule has 1 N–H and O–H groups in total. The monoisotopic (exact) mass is 233 g/mol. The molecule has 0 radical (unpaired) electrons. The highest BCUT2D eigenvalue weighted by molar-refractivity contribution is 5.38. The van der Waals surface area contributed by atoms with E-state index in [1.165, 1.54) is 25.7 Å². The summed E-state index contributed by atoms with van der Waals surface area (Å²) in [6.45, 7) is 9.99. The summed E-state index contributed by atoms with van der Waals surface area (Å²) < 4.78 is 0. The molecule has 1 nitrogen and oxygen atoms in total. The fraction of sp³-hybridized carbons (Fsp3) is 0.875. The third kappa shape index (κ3) is 1.24. The Hall–Kier alpha value is -0.300. The minimum atomic E-state index is 0.449. The summed E-state index contributed by atoms with van der Waals surface area (Å²) in [5.41, 5.74) is 3.24. The quantitative estimate of drug-likeness (QED) is 0.680. The molecule has 1 unspecified atom stereocenters. The van der Waals surface area contributed by atoms with E-state index < -0.39 is 0 Å². The molecule has 0 aromatic rings. The Kier molecular flexibility index (Phi) is 2.20. The second-order valence-corrected chi connectivity index (χ2v) is 7.81. The van der Waals surface area contributed by atoms with Crippen molar-refractivity contribution in [1.29, 1.82) is 0 Å². The van der Waals surface area contributed by atoms with Gasteiger partial charge in [-0.25, -0.2) is 0 Å². The van der Waals surface area contributed by atoms with Crippen LogP contribution in [0.3, 0.4) is 0 Å². The molecular weight excluding hydrogens is 206 g/mol. The van der Waals surface area contributed by atoms with Gasteiger partial charge in [-0.05, 0) is 54.9 Å². The zero-order valence-corrected chi connectivity index (χ0v) is 12.1. The lowest BCUT2D eigenvalue weighted by molar-refractivity contribution is 0.0794. The van der Waals surface area contributed by atoms with Gasteiger partial charge in [0.25, 0.3) is 0 Å². The van der Waals surface area contributed by atoms with Gasteiger partial charge < -0.3 is 5.32 Å². The Balaban J connectivity index is 2.14. The average Bonchev–Trinajstić information content (AvgIpc) is 2.75. The summed E-state index contributed by atoms with van der Waals surface area (Å²) in [5.74, 6) is 0.934. The molecule has 3 aliphatic rings. The van der Waals surface area contributed by atoms with Gasteiger partial charge >= 0.3 is 0 Å². The van der Waals surface area contributed by atoms with Crippen LogP contribution in [0, 0.1) is 22.2 Å². The lowest BCUT2D eigenvalue weighted by atomic mass is 9.53. The molecule has 2 saturated carbocycles. The zero-order valence-electron chi connectivity index (χ0n) is 12.1. The van der Waals surface area contributed by atoms with E-state index in [4.69, 9.17) is 0 Å². The Labute approximate surface area is 106 Å². The fourth-order valence-electron chi connectivity index (χ4n) is 5.29. The lowest BCUT2D eigenvalue weighted by Gasteiger charge is -2.53. The van der Waals surface area contributed by atoms with E-state index in [-0.39, 0.29) is 0 Å². The van der Waals surface area contributed by atoms with E-state index in [1.54, 1.807) is 5.57 Å². The van der Waals surface area contributed by atoms with Crippen molar-refractivity contribution in [2.24, 2.45) is 22.2 Å². The molecule has 2 fully saturated rings. The van der Waals surface area contributed by atoms with E-state index in [9.17, 15) is 0 Å². The van der Waals surface area contributed by atoms with Crippen LogP contribution in [0.5, 0.6) is 0 Å². The molecule has 0 aromatic carbocycles. The normalized spacial score (nSPS) is 45.6. The Morgan fingerprint density at radius 3 is 2.53 bits per heavy atom. The highest BCUT2D eigenvalue weighted by Crippen LogP contribution is 2.73. The maximum atomic E-state index is 3.49. The minimum absolute atomic E-state index is 0.449. The van der Waals surface area contributed by atoms with Crippen molar-refractivity contribution in [2.45, 2.75) is 59.4 Å². The van der Waals surface area contributed by atoms with Crippen molar-refractivity contribution in [3.63, 3.8) is 0 Å². The first-order valence-electron chi connectivity index (χ1n) is 7.23. The molecule has 3 aliphatic carbocycles. The van der Waals surface area contributed by atoms with Gasteiger partial charge in [0.2, 0.25) is 0 Å². The molecule has 96 valence electrons. The highest BCUT2D eigenvalue weighted by atomic mass is 14.9. The smallest absolute Gasteiger partial charge is 0.0255 e. The largest absolute Gasteiger partial charge is 0.314 e. The van der Waals surface area contributed by atoms with E-state index in [1.807, 2.05) is 0 Å². The predicted octanol–water partition coefficient (Wildman–Crippen LogP) is 3.76. The summed E-state index contributed by atoms with van der Waals surface area (Å²) in [6.07, 6.45) is 8.24. The Bertz CT molecular complexity index is 377. The van der Waals surface area contributed by atoms with Gasteiger partial charge in [0.15, 0.2) is 0 Å². The first-order chi connectivity index (χ1) is 7.83. The molecule has 0 heterocycles. The summed E-state index contributed by atoms with van der Waals surface area (Å²) >= 11 is 0. The molecule has 1 heteroatoms. The van der Waals surface area contributed by atoms with Crippen LogP contribution in [0.25, 0.3) is 0 Å². The van der Waals surface area contributed by atoms with E-state index in [2.05, 4.69) is 46.1 Å². The molecule has 2 bridgehead atoms. The van der Waals surface area contributed by atoms with Crippen LogP contribution < -0.4 is 5.32 Å². The van der Waals surface area contributed by atoms with Crippen LogP contribution in [-0.2, 0) is 0 Å². The molecule has 0 aromatic heterocycles. The molecule has 3 atom stereocenters. The van der Waals surface area contributed by atoms with Crippen LogP contribution in [0.4, 0.5) is 0 Å². The molecule has 0 saturated heterocycles. The topological polar surface area (TPSA) is 12.0 Å². The van der Waals surface area contributed by atoms with Gasteiger partial charge in [0.1, 0.15) is 0 Å². The Morgan fingerprint density at radius 1 is 1.18 bits per heavy atom. The summed E-state index contributed by atoms with van der Waals surface area (Å²) in [5, 5.41) is 3.49. The summed E-state index contributed by atoms with van der Waals surface area (Å²) in [6, 6.07) is 0.587. The van der Waals surface area contributed by atoms with Crippen LogP contribution in [0.1, 0.15) is 53.4 Å². The summed E-state index contributed by atoms with van der Waals surface area (Å²) in [7, 11) is 2.11. The molecular formula is C16H27N. The molecule has 0 aliphatic heterocycles. The summed E-state index contributed by atoms with van der Waals surface area (Å²) in [4.78, 5) is 0. The van der Waals surface area contributed by atoms with Crippen molar-refractivity contribution < 1.29 is 0 Å². The highest BCUT2D eigenvalue weighted by Gasteiger charge is 2.64.